The minimum Gasteiger partial charge on any atom is -0.351 e. The summed E-state index contributed by atoms with van der Waals surface area (Å²) in [7, 11) is 0. The van der Waals surface area contributed by atoms with E-state index in [1.54, 1.807) is 0 Å². The summed E-state index contributed by atoms with van der Waals surface area (Å²) in [4.78, 5) is 16.7. The number of nitrogens with zero attached hydrogens (tertiary/aromatic N) is 1. The number of amidine groups is 1. The summed E-state index contributed by atoms with van der Waals surface area (Å²) in [5.41, 5.74) is 3.07. The third-order valence-corrected chi connectivity index (χ3v) is 4.89. The Kier molecular flexibility index (Phi) is 4.39. The number of hydrogen-bond acceptors (Lipinski definition) is 4. The van der Waals surface area contributed by atoms with E-state index in [2.05, 4.69) is 27.8 Å². The van der Waals surface area contributed by atoms with E-state index < -0.39 is 0 Å². The van der Waals surface area contributed by atoms with Crippen LogP contribution in [0.25, 0.3) is 10.8 Å². The number of carbonyl (C=O) groups is 1. The molecule has 0 spiro atoms. The molecule has 4 rings (SSSR count). The van der Waals surface area contributed by atoms with Crippen molar-refractivity contribution in [2.24, 2.45) is 4.99 Å². The molecule has 0 aromatic heterocycles. The normalized spacial score (nSPS) is 12.4. The van der Waals surface area contributed by atoms with Gasteiger partial charge in [-0.2, -0.15) is 0 Å². The van der Waals surface area contributed by atoms with Gasteiger partial charge in [0.05, 0.1) is 17.1 Å². The highest BCUT2D eigenvalue weighted by molar-refractivity contribution is 8.14. The number of nitrogens with one attached hydrogen (secondary N) is 2. The Morgan fingerprint density at radius 3 is 2.64 bits per heavy atom. The number of rotatable bonds is 4. The van der Waals surface area contributed by atoms with E-state index in [1.807, 2.05) is 54.6 Å². The van der Waals surface area contributed by atoms with Crippen LogP contribution >= 0.6 is 11.8 Å². The number of amides is 1. The van der Waals surface area contributed by atoms with Crippen molar-refractivity contribution >= 4 is 45.0 Å². The van der Waals surface area contributed by atoms with Gasteiger partial charge >= 0.3 is 0 Å². The lowest BCUT2D eigenvalue weighted by Gasteiger charge is -2.18. The first kappa shape index (κ1) is 15.7. The van der Waals surface area contributed by atoms with E-state index in [0.29, 0.717) is 12.3 Å². The minimum atomic E-state index is -0.00424. The highest BCUT2D eigenvalue weighted by atomic mass is 32.2. The molecule has 1 aliphatic rings. The second-order valence-electron chi connectivity index (χ2n) is 5.77. The summed E-state index contributed by atoms with van der Waals surface area (Å²) in [5.74, 6) is 0.326. The lowest BCUT2D eigenvalue weighted by atomic mass is 10.1. The van der Waals surface area contributed by atoms with E-state index >= 15 is 0 Å². The topological polar surface area (TPSA) is 53.5 Å². The molecule has 0 unspecified atom stereocenters. The molecule has 0 atom stereocenters. The molecule has 1 heterocycles. The molecule has 3 aromatic rings. The van der Waals surface area contributed by atoms with Gasteiger partial charge in [-0.05, 0) is 23.1 Å². The summed E-state index contributed by atoms with van der Waals surface area (Å²) < 4.78 is 0. The molecule has 0 bridgehead atoms. The first-order valence-electron chi connectivity index (χ1n) is 8.10. The average Bonchev–Trinajstić information content (AvgIpc) is 2.66. The maximum absolute atomic E-state index is 12.1. The number of aliphatic imine (C=N–C) groups is 1. The Labute approximate surface area is 150 Å². The molecule has 4 nitrogen and oxygen atoms in total. The molecule has 1 aliphatic heterocycles. The van der Waals surface area contributed by atoms with Gasteiger partial charge in [-0.3, -0.25) is 4.79 Å². The predicted molar refractivity (Wildman–Crippen MR) is 105 cm³/mol. The lowest BCUT2D eigenvalue weighted by molar-refractivity contribution is -0.118. The average molecular weight is 347 g/mol. The molecule has 25 heavy (non-hydrogen) atoms. The van der Waals surface area contributed by atoms with Crippen LogP contribution in [0, 0.1) is 0 Å². The van der Waals surface area contributed by atoms with Gasteiger partial charge in [0.25, 0.3) is 0 Å². The van der Waals surface area contributed by atoms with Gasteiger partial charge in [0.15, 0.2) is 5.17 Å². The lowest BCUT2D eigenvalue weighted by Crippen LogP contribution is -2.26. The van der Waals surface area contributed by atoms with Crippen LogP contribution in [-0.4, -0.2) is 16.8 Å². The molecule has 5 heteroatoms. The molecular weight excluding hydrogens is 330 g/mol. The second-order valence-corrected chi connectivity index (χ2v) is 6.74. The number of hydrogen-bond donors (Lipinski definition) is 2. The molecule has 0 aliphatic carbocycles. The molecule has 0 saturated heterocycles. The zero-order valence-electron chi connectivity index (χ0n) is 13.5. The van der Waals surface area contributed by atoms with E-state index in [4.69, 9.17) is 0 Å². The summed E-state index contributed by atoms with van der Waals surface area (Å²) in [6, 6.07) is 22.1. The Morgan fingerprint density at radius 2 is 1.80 bits per heavy atom. The van der Waals surface area contributed by atoms with Crippen molar-refractivity contribution in [3.05, 3.63) is 72.3 Å². The summed E-state index contributed by atoms with van der Waals surface area (Å²) in [6.07, 6.45) is 0. The van der Waals surface area contributed by atoms with Crippen LogP contribution in [0.2, 0.25) is 0 Å². The Morgan fingerprint density at radius 1 is 1.00 bits per heavy atom. The first-order valence-corrected chi connectivity index (χ1v) is 9.09. The molecule has 0 radical (unpaired) electrons. The van der Waals surface area contributed by atoms with Gasteiger partial charge in [0.1, 0.15) is 0 Å². The third kappa shape index (κ3) is 3.51. The van der Waals surface area contributed by atoms with Crippen LogP contribution in [0.3, 0.4) is 0 Å². The van der Waals surface area contributed by atoms with Gasteiger partial charge in [0, 0.05) is 11.9 Å². The Hall–Kier alpha value is -2.79. The zero-order valence-corrected chi connectivity index (χ0v) is 14.3. The zero-order chi connectivity index (χ0) is 17.1. The van der Waals surface area contributed by atoms with Gasteiger partial charge in [0.2, 0.25) is 5.91 Å². The smallest absolute Gasteiger partial charge is 0.230 e. The Bertz CT molecular complexity index is 948. The van der Waals surface area contributed by atoms with Crippen LogP contribution < -0.4 is 10.6 Å². The maximum atomic E-state index is 12.1. The highest BCUT2D eigenvalue weighted by Crippen LogP contribution is 2.36. The van der Waals surface area contributed by atoms with Crippen molar-refractivity contribution in [1.29, 1.82) is 0 Å². The van der Waals surface area contributed by atoms with Crippen molar-refractivity contribution in [3.63, 3.8) is 0 Å². The van der Waals surface area contributed by atoms with Crippen molar-refractivity contribution in [3.8, 4) is 0 Å². The molecule has 3 aromatic carbocycles. The third-order valence-electron chi connectivity index (χ3n) is 4.02. The van der Waals surface area contributed by atoms with E-state index in [0.717, 1.165) is 32.9 Å². The number of anilines is 1. The molecule has 124 valence electrons. The fourth-order valence-corrected chi connectivity index (χ4v) is 3.54. The SMILES string of the molecule is O=C(CSC1=Nc2cccc3cccc(c23)N1)NCc1ccccc1. The van der Waals surface area contributed by atoms with E-state index in [9.17, 15) is 4.79 Å². The van der Waals surface area contributed by atoms with Crippen molar-refractivity contribution in [2.45, 2.75) is 6.54 Å². The molecule has 0 fully saturated rings. The maximum Gasteiger partial charge on any atom is 0.230 e. The largest absolute Gasteiger partial charge is 0.351 e. The fourth-order valence-electron chi connectivity index (χ4n) is 2.82. The van der Waals surface area contributed by atoms with Crippen LogP contribution in [0.15, 0.2) is 71.7 Å². The fraction of sp³-hybridized carbons (Fsp3) is 0.100. The first-order chi connectivity index (χ1) is 12.3. The number of thioether (sulfide) groups is 1. The van der Waals surface area contributed by atoms with Crippen molar-refractivity contribution < 1.29 is 4.79 Å². The van der Waals surface area contributed by atoms with Crippen molar-refractivity contribution in [2.75, 3.05) is 11.1 Å². The molecule has 1 amide bonds. The Balaban J connectivity index is 1.40. The summed E-state index contributed by atoms with van der Waals surface area (Å²) in [6.45, 7) is 0.544. The molecular formula is C20H17N3OS. The minimum absolute atomic E-state index is 0.00424. The van der Waals surface area contributed by atoms with Crippen LogP contribution in [-0.2, 0) is 11.3 Å². The quantitative estimate of drug-likeness (QED) is 0.740. The van der Waals surface area contributed by atoms with Gasteiger partial charge < -0.3 is 10.6 Å². The van der Waals surface area contributed by atoms with Gasteiger partial charge in [-0.25, -0.2) is 4.99 Å². The summed E-state index contributed by atoms with van der Waals surface area (Å²) in [5, 5.41) is 9.30. The monoisotopic (exact) mass is 347 g/mol. The predicted octanol–water partition coefficient (Wildman–Crippen LogP) is 4.30. The number of carbonyl (C=O) groups excluding carboxylic acids is 1. The van der Waals surface area contributed by atoms with Crippen molar-refractivity contribution in [1.82, 2.24) is 5.32 Å². The van der Waals surface area contributed by atoms with E-state index in [-0.39, 0.29) is 5.91 Å². The number of benzene rings is 3. The van der Waals surface area contributed by atoms with Gasteiger partial charge in [-0.1, -0.05) is 66.4 Å². The molecule has 0 saturated carbocycles. The second kappa shape index (κ2) is 6.99. The van der Waals surface area contributed by atoms with Gasteiger partial charge in [-0.15, -0.1) is 0 Å². The van der Waals surface area contributed by atoms with Crippen LogP contribution in [0.1, 0.15) is 5.56 Å². The standard InChI is InChI=1S/C20H17N3OS/c24-18(21-12-14-6-2-1-3-7-14)13-25-20-22-16-10-4-8-15-9-5-11-17(23-20)19(15)16/h1-11H,12-13H2,(H,21,24)(H,22,23). The van der Waals surface area contributed by atoms with E-state index in [1.165, 1.54) is 11.8 Å². The molecule has 2 N–H and O–H groups in total. The van der Waals surface area contributed by atoms with Crippen LogP contribution in [0.5, 0.6) is 0 Å². The highest BCUT2D eigenvalue weighted by Gasteiger charge is 2.15. The summed E-state index contributed by atoms with van der Waals surface area (Å²) >= 11 is 1.42. The van der Waals surface area contributed by atoms with Crippen LogP contribution in [0.4, 0.5) is 11.4 Å².